The van der Waals surface area contributed by atoms with Gasteiger partial charge in [0.05, 0.1) is 25.9 Å². The van der Waals surface area contributed by atoms with Gasteiger partial charge < -0.3 is 0 Å². The lowest BCUT2D eigenvalue weighted by Gasteiger charge is -2.26. The molecular formula is C22H32Br2O2S2Si2. The molecule has 2 rings (SSSR count). The summed E-state index contributed by atoms with van der Waals surface area (Å²) in [4.78, 5) is 27.6. The van der Waals surface area contributed by atoms with Gasteiger partial charge in [-0.05, 0) is 53.0 Å². The molecule has 166 valence electrons. The predicted octanol–water partition coefficient (Wildman–Crippen LogP) is 7.83. The Balaban J connectivity index is 2.44. The van der Waals surface area contributed by atoms with Crippen molar-refractivity contribution >= 4 is 91.2 Å². The second-order valence-electron chi connectivity index (χ2n) is 7.92. The lowest BCUT2D eigenvalue weighted by atomic mass is 10.2. The highest BCUT2D eigenvalue weighted by Gasteiger charge is 2.36. The Morgan fingerprint density at radius 1 is 0.667 bits per heavy atom. The summed E-state index contributed by atoms with van der Waals surface area (Å²) in [5, 5.41) is 0. The van der Waals surface area contributed by atoms with E-state index < -0.39 is 16.1 Å². The second-order valence-corrected chi connectivity index (χ2v) is 22.9. The number of ketones is 2. The maximum Gasteiger partial charge on any atom is 0.245 e. The second kappa shape index (κ2) is 10.8. The van der Waals surface area contributed by atoms with Gasteiger partial charge in [-0.2, -0.15) is 0 Å². The molecule has 0 saturated heterocycles. The average molecular weight is 609 g/mol. The Labute approximate surface area is 208 Å². The zero-order valence-electron chi connectivity index (χ0n) is 18.8. The predicted molar refractivity (Wildman–Crippen MR) is 146 cm³/mol. The SMILES string of the molecule is CC[Si](CC)(CC)c1cc(Br)c(C(=O)C(=O)c2sc([Si](CC)(CC)CC)cc2Br)s1. The van der Waals surface area contributed by atoms with E-state index in [-0.39, 0.29) is 11.6 Å². The normalized spacial score (nSPS) is 12.4. The van der Waals surface area contributed by atoms with Crippen LogP contribution in [0, 0.1) is 0 Å². The summed E-state index contributed by atoms with van der Waals surface area (Å²) in [5.74, 6) is -0.759. The van der Waals surface area contributed by atoms with E-state index >= 15 is 0 Å². The Hall–Kier alpha value is 0.134. The Morgan fingerprint density at radius 3 is 1.17 bits per heavy atom. The minimum Gasteiger partial charge on any atom is -0.284 e. The van der Waals surface area contributed by atoms with E-state index in [2.05, 4.69) is 85.5 Å². The molecule has 0 amide bonds. The van der Waals surface area contributed by atoms with Gasteiger partial charge in [-0.15, -0.1) is 22.7 Å². The lowest BCUT2D eigenvalue weighted by Crippen LogP contribution is -2.43. The smallest absolute Gasteiger partial charge is 0.245 e. The van der Waals surface area contributed by atoms with Crippen molar-refractivity contribution in [3.05, 3.63) is 30.8 Å². The molecule has 0 spiro atoms. The van der Waals surface area contributed by atoms with Crippen LogP contribution < -0.4 is 9.00 Å². The van der Waals surface area contributed by atoms with Gasteiger partial charge in [-0.3, -0.25) is 9.59 Å². The van der Waals surface area contributed by atoms with Gasteiger partial charge >= 0.3 is 0 Å². The van der Waals surface area contributed by atoms with Crippen molar-refractivity contribution in [1.82, 2.24) is 0 Å². The van der Waals surface area contributed by atoms with E-state index in [1.807, 2.05) is 0 Å². The molecule has 8 heteroatoms. The fourth-order valence-corrected chi connectivity index (χ4v) is 18.8. The van der Waals surface area contributed by atoms with Gasteiger partial charge in [0.25, 0.3) is 0 Å². The maximum absolute atomic E-state index is 13.2. The van der Waals surface area contributed by atoms with Crippen LogP contribution in [0.5, 0.6) is 0 Å². The first-order chi connectivity index (χ1) is 14.2. The number of carbonyl (C=O) groups excluding carboxylic acids is 2. The van der Waals surface area contributed by atoms with Gasteiger partial charge in [0.15, 0.2) is 0 Å². The van der Waals surface area contributed by atoms with E-state index in [1.54, 1.807) is 22.7 Å². The molecule has 0 unspecified atom stereocenters. The summed E-state index contributed by atoms with van der Waals surface area (Å²) in [6.07, 6.45) is 0. The zero-order valence-corrected chi connectivity index (χ0v) is 25.6. The van der Waals surface area contributed by atoms with Crippen molar-refractivity contribution in [1.29, 1.82) is 0 Å². The van der Waals surface area contributed by atoms with Crippen molar-refractivity contribution in [3.8, 4) is 0 Å². The number of halogens is 2. The summed E-state index contributed by atoms with van der Waals surface area (Å²) < 4.78 is 4.22. The molecule has 0 aliphatic carbocycles. The summed E-state index contributed by atoms with van der Waals surface area (Å²) in [7, 11) is -3.17. The molecule has 0 aliphatic heterocycles. The van der Waals surface area contributed by atoms with Gasteiger partial charge in [-0.25, -0.2) is 0 Å². The van der Waals surface area contributed by atoms with Crippen LogP contribution in [0.25, 0.3) is 0 Å². The summed E-state index contributed by atoms with van der Waals surface area (Å²) in [6.45, 7) is 13.6. The van der Waals surface area contributed by atoms with Gasteiger partial charge in [0.2, 0.25) is 11.6 Å². The fourth-order valence-electron chi connectivity index (χ4n) is 4.32. The van der Waals surface area contributed by atoms with E-state index in [4.69, 9.17) is 0 Å². The molecule has 0 aliphatic rings. The Kier molecular flexibility index (Phi) is 9.53. The highest BCUT2D eigenvalue weighted by Crippen LogP contribution is 2.33. The molecular weight excluding hydrogens is 576 g/mol. The monoisotopic (exact) mass is 606 g/mol. The summed E-state index contributed by atoms with van der Waals surface area (Å²) in [5.41, 5.74) is 0. The number of Topliss-reactive ketones (excluding diaryl/α,β-unsaturated/α-hetero) is 2. The van der Waals surface area contributed by atoms with Crippen molar-refractivity contribution < 1.29 is 9.59 Å². The first-order valence-corrected chi connectivity index (χ1v) is 19.3. The van der Waals surface area contributed by atoms with Crippen LogP contribution >= 0.6 is 54.5 Å². The number of carbonyl (C=O) groups is 2. The molecule has 0 fully saturated rings. The number of rotatable bonds is 11. The van der Waals surface area contributed by atoms with Crippen molar-refractivity contribution in [2.45, 2.75) is 77.8 Å². The molecule has 2 aromatic heterocycles. The number of thiophene rings is 2. The third kappa shape index (κ3) is 4.74. The van der Waals surface area contributed by atoms with Crippen LogP contribution in [0.1, 0.15) is 60.9 Å². The van der Waals surface area contributed by atoms with Crippen LogP contribution in [0.3, 0.4) is 0 Å². The van der Waals surface area contributed by atoms with E-state index in [9.17, 15) is 9.59 Å². The molecule has 0 N–H and O–H groups in total. The topological polar surface area (TPSA) is 34.1 Å². The third-order valence-electron chi connectivity index (χ3n) is 7.10. The van der Waals surface area contributed by atoms with Crippen LogP contribution in [0.4, 0.5) is 0 Å². The Morgan fingerprint density at radius 2 is 0.933 bits per heavy atom. The van der Waals surface area contributed by atoms with Crippen LogP contribution in [0.15, 0.2) is 21.1 Å². The van der Waals surface area contributed by atoms with Crippen LogP contribution in [0.2, 0.25) is 36.3 Å². The van der Waals surface area contributed by atoms with Crippen LogP contribution in [-0.4, -0.2) is 27.7 Å². The Bertz CT molecular complexity index is 822. The van der Waals surface area contributed by atoms with Crippen LogP contribution in [-0.2, 0) is 0 Å². The molecule has 0 atom stereocenters. The van der Waals surface area contributed by atoms with E-state index in [0.29, 0.717) is 9.75 Å². The first kappa shape index (κ1) is 26.4. The molecule has 2 aromatic rings. The minimum absolute atomic E-state index is 0.379. The summed E-state index contributed by atoms with van der Waals surface area (Å²) >= 11 is 10.3. The number of hydrogen-bond donors (Lipinski definition) is 0. The van der Waals surface area contributed by atoms with Crippen molar-refractivity contribution in [2.75, 3.05) is 0 Å². The van der Waals surface area contributed by atoms with Crippen molar-refractivity contribution in [2.24, 2.45) is 0 Å². The zero-order chi connectivity index (χ0) is 22.7. The van der Waals surface area contributed by atoms with E-state index in [1.165, 1.54) is 9.00 Å². The fraction of sp³-hybridized carbons (Fsp3) is 0.545. The highest BCUT2D eigenvalue weighted by molar-refractivity contribution is 9.11. The highest BCUT2D eigenvalue weighted by atomic mass is 79.9. The maximum atomic E-state index is 13.2. The molecule has 0 aromatic carbocycles. The standard InChI is InChI=1S/C22H32Br2O2S2Si2/c1-7-29(8-2,9-3)17-13-15(23)21(27-17)19(25)20(26)22-16(24)14-18(28-22)30(10-4,11-5)12-6/h13-14H,7-12H2,1-6H3. The average Bonchev–Trinajstić information content (AvgIpc) is 3.34. The molecule has 2 nitrogen and oxygen atoms in total. The molecule has 2 heterocycles. The molecule has 0 bridgehead atoms. The first-order valence-electron chi connectivity index (χ1n) is 10.9. The molecule has 0 saturated carbocycles. The van der Waals surface area contributed by atoms with E-state index in [0.717, 1.165) is 45.2 Å². The van der Waals surface area contributed by atoms with Gasteiger partial charge in [0.1, 0.15) is 0 Å². The minimum atomic E-state index is -1.59. The molecule has 30 heavy (non-hydrogen) atoms. The van der Waals surface area contributed by atoms with Crippen molar-refractivity contribution in [3.63, 3.8) is 0 Å². The lowest BCUT2D eigenvalue weighted by molar-refractivity contribution is 0.0821. The third-order valence-corrected chi connectivity index (χ3v) is 24.5. The van der Waals surface area contributed by atoms with Gasteiger partial charge in [-0.1, -0.05) is 77.8 Å². The largest absolute Gasteiger partial charge is 0.284 e. The summed E-state index contributed by atoms with van der Waals surface area (Å²) in [6, 6.07) is 11.2. The number of hydrogen-bond acceptors (Lipinski definition) is 4. The quantitative estimate of drug-likeness (QED) is 0.148. The van der Waals surface area contributed by atoms with Gasteiger partial charge in [0, 0.05) is 8.95 Å². The molecule has 0 radical (unpaired) electrons.